The molecule has 0 fully saturated rings. The average molecular weight is 391 g/mol. The molecule has 1 atom stereocenters. The zero-order valence-electron chi connectivity index (χ0n) is 12.6. The summed E-state index contributed by atoms with van der Waals surface area (Å²) >= 11 is 11.8. The van der Waals surface area contributed by atoms with Gasteiger partial charge in [-0.1, -0.05) is 25.4 Å². The molecular formula is C15H21BrClN3S. The first-order valence-electron chi connectivity index (χ1n) is 7.32. The summed E-state index contributed by atoms with van der Waals surface area (Å²) in [5.74, 6) is 0. The summed E-state index contributed by atoms with van der Waals surface area (Å²) in [6.45, 7) is 8.18. The molecule has 0 aromatic carbocycles. The number of nitrogens with one attached hydrogen (secondary N) is 1. The van der Waals surface area contributed by atoms with Crippen LogP contribution in [0.4, 0.5) is 0 Å². The maximum Gasteiger partial charge on any atom is 0.0766 e. The van der Waals surface area contributed by atoms with E-state index >= 15 is 0 Å². The van der Waals surface area contributed by atoms with E-state index in [1.807, 2.05) is 11.4 Å². The number of likely N-dealkylation sites (N-methyl/N-ethyl adjacent to an activating group) is 1. The fraction of sp³-hybridized carbons (Fsp3) is 0.533. The Labute approximate surface area is 143 Å². The van der Waals surface area contributed by atoms with Crippen LogP contribution in [0.25, 0.3) is 0 Å². The molecule has 0 radical (unpaired) electrons. The van der Waals surface area contributed by atoms with Crippen LogP contribution < -0.4 is 5.32 Å². The molecule has 3 nitrogen and oxygen atoms in total. The standard InChI is InChI=1S/C15H21BrClN3S/c1-4-11-14(16)13(20(6-3)19-11)9-12(18-5-2)15-10(17)7-8-21-15/h7-8,12,18H,4-6,9H2,1-3H3. The summed E-state index contributed by atoms with van der Waals surface area (Å²) in [6.07, 6.45) is 1.82. The highest BCUT2D eigenvalue weighted by atomic mass is 79.9. The molecule has 0 saturated carbocycles. The molecule has 0 aliphatic carbocycles. The molecule has 0 amide bonds. The van der Waals surface area contributed by atoms with Crippen LogP contribution in [-0.2, 0) is 19.4 Å². The minimum atomic E-state index is 0.227. The number of nitrogens with zero attached hydrogens (tertiary/aromatic N) is 2. The molecule has 2 aromatic rings. The van der Waals surface area contributed by atoms with E-state index in [1.54, 1.807) is 11.3 Å². The summed E-state index contributed by atoms with van der Waals surface area (Å²) in [6, 6.07) is 2.20. The van der Waals surface area contributed by atoms with E-state index in [9.17, 15) is 0 Å². The molecule has 0 aliphatic heterocycles. The average Bonchev–Trinajstić information content (AvgIpc) is 3.03. The van der Waals surface area contributed by atoms with Gasteiger partial charge in [-0.2, -0.15) is 5.10 Å². The Balaban J connectivity index is 2.33. The van der Waals surface area contributed by atoms with Gasteiger partial charge in [0.1, 0.15) is 0 Å². The molecule has 1 unspecified atom stereocenters. The normalized spacial score (nSPS) is 12.8. The summed E-state index contributed by atoms with van der Waals surface area (Å²) in [5.41, 5.74) is 2.36. The first-order valence-corrected chi connectivity index (χ1v) is 9.37. The lowest BCUT2D eigenvalue weighted by molar-refractivity contribution is 0.521. The molecule has 0 bridgehead atoms. The van der Waals surface area contributed by atoms with Gasteiger partial charge < -0.3 is 5.32 Å². The number of hydrogen-bond donors (Lipinski definition) is 1. The number of halogens is 2. The zero-order valence-corrected chi connectivity index (χ0v) is 15.8. The van der Waals surface area contributed by atoms with Crippen molar-refractivity contribution < 1.29 is 0 Å². The zero-order chi connectivity index (χ0) is 15.4. The second kappa shape index (κ2) is 7.77. The largest absolute Gasteiger partial charge is 0.309 e. The Hall–Kier alpha value is -0.360. The van der Waals surface area contributed by atoms with Crippen LogP contribution in [0.2, 0.25) is 5.02 Å². The highest BCUT2D eigenvalue weighted by molar-refractivity contribution is 9.10. The minimum absolute atomic E-state index is 0.227. The van der Waals surface area contributed by atoms with E-state index in [-0.39, 0.29) is 6.04 Å². The summed E-state index contributed by atoms with van der Waals surface area (Å²) < 4.78 is 3.23. The minimum Gasteiger partial charge on any atom is -0.309 e. The molecule has 2 rings (SSSR count). The molecule has 0 spiro atoms. The lowest BCUT2D eigenvalue weighted by Gasteiger charge is -2.18. The third kappa shape index (κ3) is 3.70. The Morgan fingerprint density at radius 3 is 2.71 bits per heavy atom. The van der Waals surface area contributed by atoms with Crippen molar-refractivity contribution >= 4 is 38.9 Å². The van der Waals surface area contributed by atoms with E-state index in [0.717, 1.165) is 41.1 Å². The molecule has 0 aliphatic rings. The van der Waals surface area contributed by atoms with Crippen molar-refractivity contribution in [3.63, 3.8) is 0 Å². The fourth-order valence-electron chi connectivity index (χ4n) is 2.46. The third-order valence-electron chi connectivity index (χ3n) is 3.50. The van der Waals surface area contributed by atoms with Crippen LogP contribution in [0.3, 0.4) is 0 Å². The van der Waals surface area contributed by atoms with Gasteiger partial charge in [0, 0.05) is 23.9 Å². The number of rotatable bonds is 7. The summed E-state index contributed by atoms with van der Waals surface area (Å²) in [4.78, 5) is 1.20. The van der Waals surface area contributed by atoms with E-state index < -0.39 is 0 Å². The fourth-order valence-corrected chi connectivity index (χ4v) is 4.46. The van der Waals surface area contributed by atoms with Crippen molar-refractivity contribution in [2.45, 2.75) is 46.2 Å². The monoisotopic (exact) mass is 389 g/mol. The summed E-state index contributed by atoms with van der Waals surface area (Å²) in [7, 11) is 0. The predicted molar refractivity (Wildman–Crippen MR) is 94.4 cm³/mol. The first kappa shape index (κ1) is 17.0. The van der Waals surface area contributed by atoms with E-state index in [4.69, 9.17) is 11.6 Å². The lowest BCUT2D eigenvalue weighted by atomic mass is 10.1. The van der Waals surface area contributed by atoms with Crippen molar-refractivity contribution in [3.05, 3.63) is 37.2 Å². The second-order valence-electron chi connectivity index (χ2n) is 4.82. The highest BCUT2D eigenvalue weighted by Gasteiger charge is 2.21. The van der Waals surface area contributed by atoms with E-state index in [0.29, 0.717) is 0 Å². The van der Waals surface area contributed by atoms with Gasteiger partial charge >= 0.3 is 0 Å². The van der Waals surface area contributed by atoms with Gasteiger partial charge in [0.2, 0.25) is 0 Å². The number of aromatic nitrogens is 2. The Kier molecular flexibility index (Phi) is 6.29. The number of thiophene rings is 1. The molecule has 21 heavy (non-hydrogen) atoms. The van der Waals surface area contributed by atoms with Crippen LogP contribution in [0.1, 0.15) is 43.1 Å². The lowest BCUT2D eigenvalue weighted by Crippen LogP contribution is -2.23. The molecule has 1 N–H and O–H groups in total. The van der Waals surface area contributed by atoms with Crippen molar-refractivity contribution in [3.8, 4) is 0 Å². The van der Waals surface area contributed by atoms with Gasteiger partial charge in [-0.3, -0.25) is 4.68 Å². The molecule has 6 heteroatoms. The smallest absolute Gasteiger partial charge is 0.0766 e. The van der Waals surface area contributed by atoms with Crippen molar-refractivity contribution in [1.82, 2.24) is 15.1 Å². The summed E-state index contributed by atoms with van der Waals surface area (Å²) in [5, 5.41) is 11.1. The van der Waals surface area contributed by atoms with Crippen molar-refractivity contribution in [2.24, 2.45) is 0 Å². The SMILES string of the molecule is CCNC(Cc1c(Br)c(CC)nn1CC)c1sccc1Cl. The maximum absolute atomic E-state index is 6.32. The molecular weight excluding hydrogens is 370 g/mol. The van der Waals surface area contributed by atoms with E-state index in [2.05, 4.69) is 51.8 Å². The number of hydrogen-bond acceptors (Lipinski definition) is 3. The van der Waals surface area contributed by atoms with Crippen LogP contribution in [-0.4, -0.2) is 16.3 Å². The quantitative estimate of drug-likeness (QED) is 0.733. The third-order valence-corrected chi connectivity index (χ3v) is 5.89. The highest BCUT2D eigenvalue weighted by Crippen LogP contribution is 2.33. The van der Waals surface area contributed by atoms with Gasteiger partial charge in [-0.15, -0.1) is 11.3 Å². The molecule has 116 valence electrons. The van der Waals surface area contributed by atoms with Crippen LogP contribution in [0.5, 0.6) is 0 Å². The van der Waals surface area contributed by atoms with Crippen LogP contribution in [0.15, 0.2) is 15.9 Å². The van der Waals surface area contributed by atoms with Gasteiger partial charge in [0.25, 0.3) is 0 Å². The van der Waals surface area contributed by atoms with Gasteiger partial charge in [-0.05, 0) is 47.3 Å². The Morgan fingerprint density at radius 2 is 2.19 bits per heavy atom. The van der Waals surface area contributed by atoms with Gasteiger partial charge in [0.05, 0.1) is 20.9 Å². The van der Waals surface area contributed by atoms with Crippen molar-refractivity contribution in [1.29, 1.82) is 0 Å². The Morgan fingerprint density at radius 1 is 1.43 bits per heavy atom. The van der Waals surface area contributed by atoms with E-state index in [1.165, 1.54) is 10.6 Å². The molecule has 0 saturated heterocycles. The van der Waals surface area contributed by atoms with Crippen LogP contribution >= 0.6 is 38.9 Å². The second-order valence-corrected chi connectivity index (χ2v) is 6.97. The molecule has 2 heterocycles. The van der Waals surface area contributed by atoms with Crippen LogP contribution in [0, 0.1) is 0 Å². The van der Waals surface area contributed by atoms with Crippen molar-refractivity contribution in [2.75, 3.05) is 6.54 Å². The van der Waals surface area contributed by atoms with Gasteiger partial charge in [-0.25, -0.2) is 0 Å². The predicted octanol–water partition coefficient (Wildman–Crippen LogP) is 4.84. The van der Waals surface area contributed by atoms with Gasteiger partial charge in [0.15, 0.2) is 0 Å². The topological polar surface area (TPSA) is 29.9 Å². The number of aryl methyl sites for hydroxylation is 2. The first-order chi connectivity index (χ1) is 10.1. The molecule has 2 aromatic heterocycles. The Bertz CT molecular complexity index is 594. The maximum atomic E-state index is 6.32.